The van der Waals surface area contributed by atoms with Gasteiger partial charge < -0.3 is 10.6 Å². The highest BCUT2D eigenvalue weighted by Crippen LogP contribution is 2.18. The van der Waals surface area contributed by atoms with Crippen molar-refractivity contribution in [3.63, 3.8) is 0 Å². The molecule has 3 aromatic rings. The number of para-hydroxylation sites is 1. The second-order valence-electron chi connectivity index (χ2n) is 6.99. The van der Waals surface area contributed by atoms with Crippen LogP contribution in [0.5, 0.6) is 0 Å². The van der Waals surface area contributed by atoms with Crippen molar-refractivity contribution in [2.24, 2.45) is 4.99 Å². The summed E-state index contributed by atoms with van der Waals surface area (Å²) in [5.41, 5.74) is 4.55. The highest BCUT2D eigenvalue weighted by atomic mass is 127. The molecule has 0 aliphatic carbocycles. The van der Waals surface area contributed by atoms with E-state index in [1.54, 1.807) is 11.3 Å². The van der Waals surface area contributed by atoms with Crippen molar-refractivity contribution in [1.29, 1.82) is 0 Å². The molecule has 2 N–H and O–H groups in total. The molecule has 2 aromatic heterocycles. The number of halogens is 1. The Morgan fingerprint density at radius 1 is 1.10 bits per heavy atom. The minimum absolute atomic E-state index is 0. The molecule has 162 valence electrons. The number of aliphatic imine (C=N–C) groups is 1. The lowest BCUT2D eigenvalue weighted by Crippen LogP contribution is -2.37. The predicted molar refractivity (Wildman–Crippen MR) is 136 cm³/mol. The SMILES string of the molecule is CCNC(=NCc1sc(C)nc1C)NCCCc1cn(-c2ccccc2)nc1C.I. The third-order valence-electron chi connectivity index (χ3n) is 4.66. The normalized spacial score (nSPS) is 11.3. The molecule has 0 aliphatic heterocycles. The average molecular weight is 539 g/mol. The van der Waals surface area contributed by atoms with E-state index < -0.39 is 0 Å². The van der Waals surface area contributed by atoms with E-state index in [1.807, 2.05) is 36.7 Å². The summed E-state index contributed by atoms with van der Waals surface area (Å²) in [5.74, 6) is 0.856. The number of hydrogen-bond donors (Lipinski definition) is 2. The van der Waals surface area contributed by atoms with Crippen LogP contribution in [0.4, 0.5) is 0 Å². The highest BCUT2D eigenvalue weighted by molar-refractivity contribution is 14.0. The van der Waals surface area contributed by atoms with Crippen LogP contribution < -0.4 is 10.6 Å². The van der Waals surface area contributed by atoms with Crippen molar-refractivity contribution in [3.8, 4) is 5.69 Å². The summed E-state index contributed by atoms with van der Waals surface area (Å²) in [5, 5.41) is 12.5. The Labute approximate surface area is 200 Å². The Morgan fingerprint density at radius 3 is 2.53 bits per heavy atom. The Kier molecular flexibility index (Phi) is 9.77. The number of hydrogen-bond acceptors (Lipinski definition) is 4. The van der Waals surface area contributed by atoms with Crippen molar-refractivity contribution >= 4 is 41.3 Å². The van der Waals surface area contributed by atoms with Gasteiger partial charge in [-0.25, -0.2) is 14.7 Å². The van der Waals surface area contributed by atoms with Crippen LogP contribution in [0.2, 0.25) is 0 Å². The molecule has 0 aliphatic rings. The quantitative estimate of drug-likeness (QED) is 0.191. The van der Waals surface area contributed by atoms with Gasteiger partial charge in [0, 0.05) is 24.2 Å². The summed E-state index contributed by atoms with van der Waals surface area (Å²) in [4.78, 5) is 10.4. The smallest absolute Gasteiger partial charge is 0.191 e. The molecule has 2 heterocycles. The maximum Gasteiger partial charge on any atom is 0.191 e. The molecular formula is C22H31IN6S. The first-order valence-corrected chi connectivity index (χ1v) is 10.9. The second-order valence-corrected chi connectivity index (χ2v) is 8.27. The van der Waals surface area contributed by atoms with Crippen LogP contribution in [-0.2, 0) is 13.0 Å². The number of aromatic nitrogens is 3. The minimum atomic E-state index is 0. The lowest BCUT2D eigenvalue weighted by molar-refractivity contribution is 0.742. The monoisotopic (exact) mass is 538 g/mol. The van der Waals surface area contributed by atoms with Crippen LogP contribution >= 0.6 is 35.3 Å². The maximum atomic E-state index is 4.71. The third-order valence-corrected chi connectivity index (χ3v) is 5.72. The van der Waals surface area contributed by atoms with E-state index in [0.29, 0.717) is 6.54 Å². The van der Waals surface area contributed by atoms with Gasteiger partial charge in [0.05, 0.1) is 28.6 Å². The summed E-state index contributed by atoms with van der Waals surface area (Å²) >= 11 is 1.72. The van der Waals surface area contributed by atoms with Gasteiger partial charge in [-0.2, -0.15) is 5.10 Å². The number of thiazole rings is 1. The molecule has 0 radical (unpaired) electrons. The number of nitrogens with one attached hydrogen (secondary N) is 2. The topological polar surface area (TPSA) is 67.1 Å². The average Bonchev–Trinajstić information content (AvgIpc) is 3.24. The Morgan fingerprint density at radius 2 is 1.87 bits per heavy atom. The van der Waals surface area contributed by atoms with E-state index in [9.17, 15) is 0 Å². The fourth-order valence-electron chi connectivity index (χ4n) is 3.15. The van der Waals surface area contributed by atoms with Crippen molar-refractivity contribution in [2.75, 3.05) is 13.1 Å². The Balaban J connectivity index is 0.00000320. The van der Waals surface area contributed by atoms with Gasteiger partial charge in [-0.05, 0) is 58.2 Å². The van der Waals surface area contributed by atoms with Crippen LogP contribution in [0.15, 0.2) is 41.5 Å². The Hall–Kier alpha value is -1.94. The van der Waals surface area contributed by atoms with E-state index in [2.05, 4.69) is 52.9 Å². The predicted octanol–water partition coefficient (Wildman–Crippen LogP) is 4.56. The van der Waals surface area contributed by atoms with Crippen LogP contribution in [0.3, 0.4) is 0 Å². The zero-order valence-corrected chi connectivity index (χ0v) is 21.3. The molecule has 30 heavy (non-hydrogen) atoms. The van der Waals surface area contributed by atoms with Gasteiger partial charge in [-0.1, -0.05) is 18.2 Å². The summed E-state index contributed by atoms with van der Waals surface area (Å²) in [7, 11) is 0. The van der Waals surface area contributed by atoms with Crippen LogP contribution in [0.1, 0.15) is 40.2 Å². The van der Waals surface area contributed by atoms with E-state index in [0.717, 1.165) is 54.0 Å². The van der Waals surface area contributed by atoms with Crippen LogP contribution in [0, 0.1) is 20.8 Å². The fourth-order valence-corrected chi connectivity index (χ4v) is 4.01. The molecule has 8 heteroatoms. The molecule has 0 spiro atoms. The number of guanidine groups is 1. The number of benzene rings is 1. The van der Waals surface area contributed by atoms with E-state index >= 15 is 0 Å². The molecular weight excluding hydrogens is 507 g/mol. The van der Waals surface area contributed by atoms with Gasteiger partial charge in [-0.15, -0.1) is 35.3 Å². The number of rotatable bonds is 8. The molecule has 0 bridgehead atoms. The first kappa shape index (κ1) is 24.3. The highest BCUT2D eigenvalue weighted by Gasteiger charge is 2.07. The van der Waals surface area contributed by atoms with Gasteiger partial charge >= 0.3 is 0 Å². The van der Waals surface area contributed by atoms with Gasteiger partial charge in [0.2, 0.25) is 0 Å². The lowest BCUT2D eigenvalue weighted by atomic mass is 10.1. The molecule has 0 unspecified atom stereocenters. The zero-order valence-electron chi connectivity index (χ0n) is 18.1. The van der Waals surface area contributed by atoms with Gasteiger partial charge in [0.15, 0.2) is 5.96 Å². The largest absolute Gasteiger partial charge is 0.357 e. The first-order chi connectivity index (χ1) is 14.1. The van der Waals surface area contributed by atoms with Gasteiger partial charge in [0.25, 0.3) is 0 Å². The molecule has 6 nitrogen and oxygen atoms in total. The maximum absolute atomic E-state index is 4.71. The van der Waals surface area contributed by atoms with Gasteiger partial charge in [0.1, 0.15) is 0 Å². The molecule has 0 saturated carbocycles. The molecule has 3 rings (SSSR count). The summed E-state index contributed by atoms with van der Waals surface area (Å²) in [6.45, 7) is 10.6. The number of aryl methyl sites for hydroxylation is 4. The second kappa shape index (κ2) is 12.0. The van der Waals surface area contributed by atoms with Crippen molar-refractivity contribution in [2.45, 2.75) is 47.1 Å². The van der Waals surface area contributed by atoms with E-state index in [1.165, 1.54) is 10.4 Å². The molecule has 0 atom stereocenters. The van der Waals surface area contributed by atoms with Crippen molar-refractivity contribution in [1.82, 2.24) is 25.4 Å². The van der Waals surface area contributed by atoms with Crippen LogP contribution in [0.25, 0.3) is 5.69 Å². The zero-order chi connectivity index (χ0) is 20.6. The lowest BCUT2D eigenvalue weighted by Gasteiger charge is -2.11. The minimum Gasteiger partial charge on any atom is -0.357 e. The third kappa shape index (κ3) is 6.80. The molecule has 0 fully saturated rings. The summed E-state index contributed by atoms with van der Waals surface area (Å²) in [6, 6.07) is 10.2. The molecule has 1 aromatic carbocycles. The first-order valence-electron chi connectivity index (χ1n) is 10.1. The van der Waals surface area contributed by atoms with E-state index in [-0.39, 0.29) is 24.0 Å². The summed E-state index contributed by atoms with van der Waals surface area (Å²) in [6.07, 6.45) is 4.14. The number of nitrogens with zero attached hydrogens (tertiary/aromatic N) is 4. The van der Waals surface area contributed by atoms with Crippen molar-refractivity contribution < 1.29 is 0 Å². The Bertz CT molecular complexity index is 948. The summed E-state index contributed by atoms with van der Waals surface area (Å²) < 4.78 is 1.96. The van der Waals surface area contributed by atoms with Crippen LogP contribution in [-0.4, -0.2) is 33.8 Å². The van der Waals surface area contributed by atoms with Crippen molar-refractivity contribution in [3.05, 3.63) is 63.4 Å². The molecule has 0 saturated heterocycles. The van der Waals surface area contributed by atoms with Gasteiger partial charge in [-0.3, -0.25) is 0 Å². The standard InChI is InChI=1S/C22H30N6S.HI/c1-5-23-22(25-14-21-17(3)26-18(4)29-21)24-13-9-10-19-15-28(27-16(19)2)20-11-7-6-8-12-20;/h6-8,11-12,15H,5,9-10,13-14H2,1-4H3,(H2,23,24,25);1H. The van der Waals surface area contributed by atoms with E-state index in [4.69, 9.17) is 4.99 Å². The molecule has 0 amide bonds. The fraction of sp³-hybridized carbons (Fsp3) is 0.409.